The second-order valence-corrected chi connectivity index (χ2v) is 7.20. The van der Waals surface area contributed by atoms with Gasteiger partial charge in [0, 0.05) is 11.5 Å². The second-order valence-electron chi connectivity index (χ2n) is 6.47. The van der Waals surface area contributed by atoms with Crippen LogP contribution in [0, 0.1) is 5.92 Å². The van der Waals surface area contributed by atoms with Gasteiger partial charge in [0.15, 0.2) is 0 Å². The molecular formula is C16H29N5O6S2. The minimum absolute atomic E-state index is 0.112. The summed E-state index contributed by atoms with van der Waals surface area (Å²) in [5.41, 5.74) is 10.5. The maximum atomic E-state index is 12.4. The van der Waals surface area contributed by atoms with Gasteiger partial charge in [0.05, 0.1) is 12.5 Å². The van der Waals surface area contributed by atoms with Crippen LogP contribution in [-0.4, -0.2) is 70.4 Å². The molecule has 8 N–H and O–H groups in total. The highest BCUT2D eigenvalue weighted by atomic mass is 32.1. The number of carbonyl (C=O) groups excluding carboxylic acids is 4. The van der Waals surface area contributed by atoms with Crippen LogP contribution in [0.3, 0.4) is 0 Å². The van der Waals surface area contributed by atoms with E-state index in [0.29, 0.717) is 6.42 Å². The molecule has 0 fully saturated rings. The van der Waals surface area contributed by atoms with Crippen LogP contribution >= 0.6 is 25.3 Å². The fourth-order valence-electron chi connectivity index (χ4n) is 2.19. The van der Waals surface area contributed by atoms with E-state index in [4.69, 9.17) is 11.5 Å². The molecule has 4 amide bonds. The topological polar surface area (TPSA) is 194 Å². The first-order chi connectivity index (χ1) is 13.5. The summed E-state index contributed by atoms with van der Waals surface area (Å²) in [5.74, 6) is -4.79. The summed E-state index contributed by atoms with van der Waals surface area (Å²) >= 11 is 8.00. The molecule has 29 heavy (non-hydrogen) atoms. The van der Waals surface area contributed by atoms with Gasteiger partial charge < -0.3 is 32.5 Å². The number of nitrogens with two attached hydrogens (primary N) is 2. The van der Waals surface area contributed by atoms with Crippen molar-refractivity contribution in [1.82, 2.24) is 16.0 Å². The zero-order valence-corrected chi connectivity index (χ0v) is 18.0. The zero-order chi connectivity index (χ0) is 22.7. The van der Waals surface area contributed by atoms with E-state index in [0.717, 1.165) is 0 Å². The lowest BCUT2D eigenvalue weighted by atomic mass is 9.99. The zero-order valence-electron chi connectivity index (χ0n) is 16.3. The van der Waals surface area contributed by atoms with Gasteiger partial charge in [-0.05, 0) is 5.92 Å². The number of rotatable bonds is 13. The molecule has 0 heterocycles. The number of nitrogens with one attached hydrogen (secondary N) is 3. The van der Waals surface area contributed by atoms with Crippen molar-refractivity contribution in [2.45, 2.75) is 50.9 Å². The average Bonchev–Trinajstić information content (AvgIpc) is 2.66. The summed E-state index contributed by atoms with van der Waals surface area (Å²) < 4.78 is 0. The van der Waals surface area contributed by atoms with E-state index >= 15 is 0 Å². The van der Waals surface area contributed by atoms with E-state index in [1.807, 2.05) is 0 Å². The highest BCUT2D eigenvalue weighted by molar-refractivity contribution is 7.80. The van der Waals surface area contributed by atoms with Gasteiger partial charge in [-0.25, -0.2) is 4.79 Å². The standard InChI is InChI=1S/C16H29N5O6S2/c1-3-7(2)12(16(26)27)21-15(25)10(6-29)20-14(24)9(5-28)19-13(23)8(17)4-11(18)22/h7-10,12,28-29H,3-6,17H2,1-2H3,(H2,18,22)(H,19,23)(H,20,24)(H,21,25)(H,26,27). The van der Waals surface area contributed by atoms with Crippen LogP contribution in [0.2, 0.25) is 0 Å². The third-order valence-electron chi connectivity index (χ3n) is 4.17. The third-order valence-corrected chi connectivity index (χ3v) is 4.90. The minimum Gasteiger partial charge on any atom is -0.480 e. The molecule has 0 saturated heterocycles. The fraction of sp³-hybridized carbons (Fsp3) is 0.688. The number of thiol groups is 2. The predicted molar refractivity (Wildman–Crippen MR) is 112 cm³/mol. The Balaban J connectivity index is 5.04. The van der Waals surface area contributed by atoms with Crippen molar-refractivity contribution in [3.63, 3.8) is 0 Å². The molecule has 0 aliphatic carbocycles. The molecule has 0 aromatic heterocycles. The number of carboxylic acids is 1. The monoisotopic (exact) mass is 451 g/mol. The number of carboxylic acid groups (broad SMARTS) is 1. The van der Waals surface area contributed by atoms with E-state index < -0.39 is 60.2 Å². The number of hydrogen-bond donors (Lipinski definition) is 8. The fourth-order valence-corrected chi connectivity index (χ4v) is 2.70. The van der Waals surface area contributed by atoms with E-state index in [2.05, 4.69) is 41.2 Å². The van der Waals surface area contributed by atoms with Gasteiger partial charge in [-0.3, -0.25) is 19.2 Å². The molecular weight excluding hydrogens is 422 g/mol. The Kier molecular flexibility index (Phi) is 12.4. The van der Waals surface area contributed by atoms with Crippen molar-refractivity contribution in [2.75, 3.05) is 11.5 Å². The van der Waals surface area contributed by atoms with Crippen molar-refractivity contribution in [1.29, 1.82) is 0 Å². The van der Waals surface area contributed by atoms with E-state index in [-0.39, 0.29) is 17.4 Å². The molecule has 0 aromatic rings. The van der Waals surface area contributed by atoms with Crippen LogP contribution in [0.15, 0.2) is 0 Å². The summed E-state index contributed by atoms with van der Waals surface area (Å²) in [6.45, 7) is 3.46. The molecule has 5 atom stereocenters. The molecule has 166 valence electrons. The Morgan fingerprint density at radius 3 is 1.76 bits per heavy atom. The van der Waals surface area contributed by atoms with Crippen molar-refractivity contribution in [3.05, 3.63) is 0 Å². The Morgan fingerprint density at radius 1 is 0.931 bits per heavy atom. The molecule has 0 saturated carbocycles. The summed E-state index contributed by atoms with van der Waals surface area (Å²) in [4.78, 5) is 58.9. The molecule has 0 bridgehead atoms. The van der Waals surface area contributed by atoms with Gasteiger partial charge in [-0.1, -0.05) is 20.3 Å². The molecule has 0 spiro atoms. The van der Waals surface area contributed by atoms with Crippen LogP contribution in [0.1, 0.15) is 26.7 Å². The van der Waals surface area contributed by atoms with Crippen molar-refractivity contribution < 1.29 is 29.1 Å². The van der Waals surface area contributed by atoms with Crippen molar-refractivity contribution in [2.24, 2.45) is 17.4 Å². The third kappa shape index (κ3) is 9.37. The number of aliphatic carboxylic acids is 1. The number of carbonyl (C=O) groups is 5. The molecule has 13 heteroatoms. The number of hydrogen-bond acceptors (Lipinski definition) is 8. The summed E-state index contributed by atoms with van der Waals surface area (Å²) in [6, 6.07) is -4.66. The molecule has 5 unspecified atom stereocenters. The van der Waals surface area contributed by atoms with Gasteiger partial charge in [-0.2, -0.15) is 25.3 Å². The molecule has 0 aliphatic rings. The molecule has 0 rings (SSSR count). The highest BCUT2D eigenvalue weighted by Gasteiger charge is 2.31. The van der Waals surface area contributed by atoms with Gasteiger partial charge >= 0.3 is 5.97 Å². The first-order valence-electron chi connectivity index (χ1n) is 8.87. The quantitative estimate of drug-likeness (QED) is 0.143. The van der Waals surface area contributed by atoms with Gasteiger partial charge in [-0.15, -0.1) is 0 Å². The van der Waals surface area contributed by atoms with E-state index in [9.17, 15) is 29.1 Å². The second kappa shape index (κ2) is 13.3. The van der Waals surface area contributed by atoms with Crippen molar-refractivity contribution in [3.8, 4) is 0 Å². The van der Waals surface area contributed by atoms with Crippen LogP contribution in [0.25, 0.3) is 0 Å². The summed E-state index contributed by atoms with van der Waals surface area (Å²) in [6.07, 6.45) is 0.120. The predicted octanol–water partition coefficient (Wildman–Crippen LogP) is -2.37. The van der Waals surface area contributed by atoms with Gasteiger partial charge in [0.1, 0.15) is 18.1 Å². The summed E-state index contributed by atoms with van der Waals surface area (Å²) in [7, 11) is 0. The molecule has 0 aromatic carbocycles. The lowest BCUT2D eigenvalue weighted by Crippen LogP contribution is -2.58. The lowest BCUT2D eigenvalue weighted by Gasteiger charge is -2.25. The van der Waals surface area contributed by atoms with E-state index in [1.54, 1.807) is 13.8 Å². The normalized spacial score (nSPS) is 15.9. The number of amides is 4. The first-order valence-corrected chi connectivity index (χ1v) is 10.1. The van der Waals surface area contributed by atoms with Crippen LogP contribution in [0.4, 0.5) is 0 Å². The summed E-state index contributed by atoms with van der Waals surface area (Å²) in [5, 5.41) is 16.4. The van der Waals surface area contributed by atoms with Gasteiger partial charge in [0.25, 0.3) is 0 Å². The van der Waals surface area contributed by atoms with Gasteiger partial charge in [0.2, 0.25) is 23.6 Å². The molecule has 11 nitrogen and oxygen atoms in total. The molecule has 0 aliphatic heterocycles. The first kappa shape index (κ1) is 27.0. The van der Waals surface area contributed by atoms with Crippen LogP contribution in [-0.2, 0) is 24.0 Å². The SMILES string of the molecule is CCC(C)C(NC(=O)C(CS)NC(=O)C(CS)NC(=O)C(N)CC(N)=O)C(=O)O. The highest BCUT2D eigenvalue weighted by Crippen LogP contribution is 2.08. The largest absolute Gasteiger partial charge is 0.480 e. The Morgan fingerprint density at radius 2 is 1.38 bits per heavy atom. The number of primary amides is 1. The maximum absolute atomic E-state index is 12.4. The van der Waals surface area contributed by atoms with Crippen LogP contribution in [0.5, 0.6) is 0 Å². The maximum Gasteiger partial charge on any atom is 0.326 e. The Labute approximate surface area is 179 Å². The smallest absolute Gasteiger partial charge is 0.326 e. The van der Waals surface area contributed by atoms with Crippen molar-refractivity contribution >= 4 is 54.9 Å². The average molecular weight is 452 g/mol. The Bertz CT molecular complexity index is 621. The molecule has 0 radical (unpaired) electrons. The van der Waals surface area contributed by atoms with E-state index in [1.165, 1.54) is 0 Å². The Hall–Kier alpha value is -1.99. The lowest BCUT2D eigenvalue weighted by molar-refractivity contribution is -0.143. The minimum atomic E-state index is -1.24. The van der Waals surface area contributed by atoms with Crippen LogP contribution < -0.4 is 27.4 Å².